The van der Waals surface area contributed by atoms with Crippen LogP contribution in [0.3, 0.4) is 0 Å². The molecule has 4 rings (SSSR count). The lowest BCUT2D eigenvalue weighted by atomic mass is 9.76. The van der Waals surface area contributed by atoms with Gasteiger partial charge in [-0.1, -0.05) is 45.1 Å². The Balaban J connectivity index is 1.18. The Labute approximate surface area is 252 Å². The summed E-state index contributed by atoms with van der Waals surface area (Å²) < 4.78 is 17.0. The number of aliphatic hydroxyl groups is 1. The van der Waals surface area contributed by atoms with Crippen LogP contribution in [0.5, 0.6) is 5.75 Å². The standard InChI is InChI=1S/C36H52O6/c1-24(2)35(38)41-22-30(23-42-36(39)26(4)20-37)18-27-9-11-31(12-10-27)32-13-15-34(16-14-32)40-21-29-7-5-28(6-8-29)19-33-17-25(33)3/h13-16,25,27-31,33,37H,1,4-12,17-23H2,2-3H3. The molecule has 0 spiro atoms. The topological polar surface area (TPSA) is 82.1 Å². The van der Waals surface area contributed by atoms with Crippen LogP contribution in [-0.4, -0.2) is 43.5 Å². The molecule has 0 aromatic heterocycles. The number of hydrogen-bond acceptors (Lipinski definition) is 6. The minimum Gasteiger partial charge on any atom is -0.493 e. The number of ether oxygens (including phenoxy) is 3. The summed E-state index contributed by atoms with van der Waals surface area (Å²) in [4.78, 5) is 24.0. The van der Waals surface area contributed by atoms with Crippen molar-refractivity contribution >= 4 is 11.9 Å². The molecule has 1 aromatic carbocycles. The molecule has 3 unspecified atom stereocenters. The summed E-state index contributed by atoms with van der Waals surface area (Å²) >= 11 is 0. The first-order chi connectivity index (χ1) is 20.2. The van der Waals surface area contributed by atoms with Gasteiger partial charge in [-0.3, -0.25) is 0 Å². The largest absolute Gasteiger partial charge is 0.493 e. The van der Waals surface area contributed by atoms with Crippen molar-refractivity contribution in [2.75, 3.05) is 26.4 Å². The average Bonchev–Trinajstić information content (AvgIpc) is 3.71. The summed E-state index contributed by atoms with van der Waals surface area (Å²) in [6.45, 7) is 11.9. The van der Waals surface area contributed by atoms with Gasteiger partial charge >= 0.3 is 11.9 Å². The minimum absolute atomic E-state index is 0.0191. The second kappa shape index (κ2) is 15.7. The predicted octanol–water partition coefficient (Wildman–Crippen LogP) is 7.41. The van der Waals surface area contributed by atoms with Crippen molar-refractivity contribution in [1.29, 1.82) is 0 Å². The van der Waals surface area contributed by atoms with E-state index < -0.39 is 18.5 Å². The van der Waals surface area contributed by atoms with E-state index in [0.717, 1.165) is 62.2 Å². The van der Waals surface area contributed by atoms with Gasteiger partial charge in [0.2, 0.25) is 0 Å². The van der Waals surface area contributed by atoms with E-state index in [0.29, 0.717) is 23.3 Å². The molecule has 6 nitrogen and oxygen atoms in total. The Bertz CT molecular complexity index is 1050. The van der Waals surface area contributed by atoms with Crippen LogP contribution in [0, 0.1) is 35.5 Å². The molecule has 3 atom stereocenters. The highest BCUT2D eigenvalue weighted by Crippen LogP contribution is 2.46. The van der Waals surface area contributed by atoms with Crippen LogP contribution in [0.15, 0.2) is 48.6 Å². The average molecular weight is 581 g/mol. The maximum Gasteiger partial charge on any atom is 0.335 e. The fraction of sp³-hybridized carbons (Fsp3) is 0.667. The lowest BCUT2D eigenvalue weighted by Gasteiger charge is -2.31. The zero-order chi connectivity index (χ0) is 30.1. The van der Waals surface area contributed by atoms with Gasteiger partial charge in [0.1, 0.15) is 5.75 Å². The number of aliphatic hydroxyl groups excluding tert-OH is 1. The molecule has 1 aromatic rings. The number of carbonyl (C=O) groups is 2. The van der Waals surface area contributed by atoms with Crippen LogP contribution in [0.4, 0.5) is 0 Å². The zero-order valence-electron chi connectivity index (χ0n) is 25.9. The third-order valence-corrected chi connectivity index (χ3v) is 9.96. The highest BCUT2D eigenvalue weighted by atomic mass is 16.5. The summed E-state index contributed by atoms with van der Waals surface area (Å²) in [6.07, 6.45) is 13.5. The molecular formula is C36H52O6. The first kappa shape index (κ1) is 32.3. The number of rotatable bonds is 15. The van der Waals surface area contributed by atoms with Crippen LogP contribution in [0.25, 0.3) is 0 Å². The molecule has 3 saturated carbocycles. The Morgan fingerprint density at radius 2 is 1.45 bits per heavy atom. The highest BCUT2D eigenvalue weighted by molar-refractivity contribution is 5.88. The third kappa shape index (κ3) is 10.00. The van der Waals surface area contributed by atoms with Gasteiger partial charge in [-0.15, -0.1) is 0 Å². The van der Waals surface area contributed by atoms with Gasteiger partial charge in [-0.25, -0.2) is 9.59 Å². The normalized spacial score (nSPS) is 27.9. The van der Waals surface area contributed by atoms with Crippen LogP contribution in [0.2, 0.25) is 0 Å². The van der Waals surface area contributed by atoms with Crippen LogP contribution in [0.1, 0.15) is 96.0 Å². The first-order valence-corrected chi connectivity index (χ1v) is 16.2. The maximum absolute atomic E-state index is 12.0. The maximum atomic E-state index is 12.0. The fourth-order valence-corrected chi connectivity index (χ4v) is 6.90. The first-order valence-electron chi connectivity index (χ1n) is 16.2. The molecular weight excluding hydrogens is 528 g/mol. The molecule has 0 heterocycles. The molecule has 0 bridgehead atoms. The van der Waals surface area contributed by atoms with Crippen molar-refractivity contribution in [2.45, 2.75) is 90.4 Å². The van der Waals surface area contributed by atoms with Crippen LogP contribution >= 0.6 is 0 Å². The fourth-order valence-electron chi connectivity index (χ4n) is 6.90. The van der Waals surface area contributed by atoms with E-state index in [2.05, 4.69) is 44.3 Å². The number of esters is 2. The molecule has 3 aliphatic carbocycles. The molecule has 3 aliphatic rings. The van der Waals surface area contributed by atoms with Crippen molar-refractivity contribution in [3.8, 4) is 5.75 Å². The lowest BCUT2D eigenvalue weighted by Crippen LogP contribution is -2.25. The lowest BCUT2D eigenvalue weighted by molar-refractivity contribution is -0.144. The number of hydrogen-bond donors (Lipinski definition) is 1. The number of carbonyl (C=O) groups excluding carboxylic acids is 2. The van der Waals surface area contributed by atoms with Crippen LogP contribution < -0.4 is 4.74 Å². The molecule has 0 amide bonds. The van der Waals surface area contributed by atoms with Gasteiger partial charge in [-0.05, 0) is 118 Å². The summed E-state index contributed by atoms with van der Waals surface area (Å²) in [7, 11) is 0. The molecule has 232 valence electrons. The van der Waals surface area contributed by atoms with Gasteiger partial charge in [-0.2, -0.15) is 0 Å². The molecule has 42 heavy (non-hydrogen) atoms. The molecule has 0 radical (unpaired) electrons. The minimum atomic E-state index is -0.615. The van der Waals surface area contributed by atoms with E-state index in [1.54, 1.807) is 6.92 Å². The summed E-state index contributed by atoms with van der Waals surface area (Å²) in [5.74, 6) is 4.45. The van der Waals surface area contributed by atoms with Crippen LogP contribution in [-0.2, 0) is 19.1 Å². The third-order valence-electron chi connectivity index (χ3n) is 9.96. The Morgan fingerprint density at radius 1 is 0.881 bits per heavy atom. The summed E-state index contributed by atoms with van der Waals surface area (Å²) in [5, 5.41) is 9.13. The van der Waals surface area contributed by atoms with E-state index in [9.17, 15) is 9.59 Å². The van der Waals surface area contributed by atoms with E-state index in [-0.39, 0.29) is 24.7 Å². The van der Waals surface area contributed by atoms with E-state index in [4.69, 9.17) is 19.3 Å². The van der Waals surface area contributed by atoms with Crippen molar-refractivity contribution in [1.82, 2.24) is 0 Å². The molecule has 0 aliphatic heterocycles. The summed E-state index contributed by atoms with van der Waals surface area (Å²) in [5.41, 5.74) is 1.74. The zero-order valence-corrected chi connectivity index (χ0v) is 25.9. The van der Waals surface area contributed by atoms with Crippen molar-refractivity contribution in [3.05, 3.63) is 54.1 Å². The van der Waals surface area contributed by atoms with Gasteiger partial charge in [0.05, 0.1) is 32.0 Å². The Morgan fingerprint density at radius 3 is 2.02 bits per heavy atom. The molecule has 0 saturated heterocycles. The number of benzene rings is 1. The molecule has 6 heteroatoms. The predicted molar refractivity (Wildman–Crippen MR) is 165 cm³/mol. The smallest absolute Gasteiger partial charge is 0.335 e. The van der Waals surface area contributed by atoms with Crippen molar-refractivity contribution in [2.24, 2.45) is 35.5 Å². The van der Waals surface area contributed by atoms with Gasteiger partial charge in [0, 0.05) is 11.5 Å². The van der Waals surface area contributed by atoms with Crippen molar-refractivity contribution < 1.29 is 28.9 Å². The van der Waals surface area contributed by atoms with Crippen molar-refractivity contribution in [3.63, 3.8) is 0 Å². The second-order valence-electron chi connectivity index (χ2n) is 13.5. The second-order valence-corrected chi connectivity index (χ2v) is 13.5. The monoisotopic (exact) mass is 580 g/mol. The van der Waals surface area contributed by atoms with Gasteiger partial charge in [0.25, 0.3) is 0 Å². The van der Waals surface area contributed by atoms with Gasteiger partial charge in [0.15, 0.2) is 0 Å². The van der Waals surface area contributed by atoms with E-state index >= 15 is 0 Å². The Kier molecular flexibility index (Phi) is 12.1. The summed E-state index contributed by atoms with van der Waals surface area (Å²) in [6, 6.07) is 8.76. The quantitative estimate of drug-likeness (QED) is 0.172. The Hall–Kier alpha value is -2.60. The molecule has 3 fully saturated rings. The van der Waals surface area contributed by atoms with E-state index in [1.807, 2.05) is 0 Å². The molecule has 1 N–H and O–H groups in total. The highest BCUT2D eigenvalue weighted by Gasteiger charge is 2.35. The SMILES string of the molecule is C=C(C)C(=O)OCC(COC(=O)C(=C)CO)CC1CCC(c2ccc(OCC3CCC(CC4CC4C)CC3)cc2)CC1. The van der Waals surface area contributed by atoms with E-state index in [1.165, 1.54) is 44.1 Å². The van der Waals surface area contributed by atoms with Gasteiger partial charge < -0.3 is 19.3 Å².